The number of carbonyl (C=O) groups is 3. The highest BCUT2D eigenvalue weighted by molar-refractivity contribution is 5.99. The average molecular weight is 322 g/mol. The fourth-order valence-electron chi connectivity index (χ4n) is 3.76. The van der Waals surface area contributed by atoms with Crippen LogP contribution in [-0.4, -0.2) is 33.5 Å². The van der Waals surface area contributed by atoms with Gasteiger partial charge in [0.1, 0.15) is 0 Å². The van der Waals surface area contributed by atoms with Crippen LogP contribution >= 0.6 is 0 Å². The largest absolute Gasteiger partial charge is 0.478 e. The molecule has 0 aromatic carbocycles. The quantitative estimate of drug-likeness (QED) is 0.607. The first-order chi connectivity index (χ1) is 10.5. The molecule has 2 N–H and O–H groups in total. The van der Waals surface area contributed by atoms with Crippen LogP contribution in [0.2, 0.25) is 0 Å². The Morgan fingerprint density at radius 2 is 2.04 bits per heavy atom. The predicted octanol–water partition coefficient (Wildman–Crippen LogP) is 1.83. The van der Waals surface area contributed by atoms with Crippen molar-refractivity contribution in [3.8, 4) is 0 Å². The molecule has 0 bridgehead atoms. The maximum absolute atomic E-state index is 12.5. The number of carboxylic acids is 1. The molecule has 4 atom stereocenters. The molecule has 0 radical (unpaired) electrons. The summed E-state index contributed by atoms with van der Waals surface area (Å²) in [6.45, 7) is 8.27. The summed E-state index contributed by atoms with van der Waals surface area (Å²) in [6.07, 6.45) is 2.40. The molecule has 2 aliphatic rings. The zero-order valence-corrected chi connectivity index (χ0v) is 13.6. The molecule has 6 nitrogen and oxygen atoms in total. The van der Waals surface area contributed by atoms with Crippen LogP contribution in [0.3, 0.4) is 0 Å². The molecule has 0 heterocycles. The van der Waals surface area contributed by atoms with E-state index in [0.717, 1.165) is 0 Å². The predicted molar refractivity (Wildman–Crippen MR) is 81.2 cm³/mol. The van der Waals surface area contributed by atoms with Gasteiger partial charge in [0.15, 0.2) is 5.76 Å². The van der Waals surface area contributed by atoms with Crippen LogP contribution in [0.25, 0.3) is 0 Å². The topological polar surface area (TPSA) is 101 Å². The van der Waals surface area contributed by atoms with Gasteiger partial charge in [-0.3, -0.25) is 9.59 Å². The van der Waals surface area contributed by atoms with E-state index < -0.39 is 28.9 Å². The van der Waals surface area contributed by atoms with Gasteiger partial charge in [-0.15, -0.1) is 0 Å². The maximum atomic E-state index is 12.5. The molecule has 0 saturated heterocycles. The van der Waals surface area contributed by atoms with Crippen LogP contribution in [-0.2, 0) is 19.1 Å². The van der Waals surface area contributed by atoms with Crippen LogP contribution in [0.5, 0.6) is 0 Å². The minimum Gasteiger partial charge on any atom is -0.478 e. The van der Waals surface area contributed by atoms with Gasteiger partial charge in [-0.1, -0.05) is 20.4 Å². The number of ether oxygens (including phenoxy) is 1. The molecule has 1 saturated carbocycles. The number of aliphatic carboxylic acids is 1. The Kier molecular flexibility index (Phi) is 4.24. The van der Waals surface area contributed by atoms with E-state index in [0.29, 0.717) is 12.8 Å². The van der Waals surface area contributed by atoms with Crippen molar-refractivity contribution < 1.29 is 29.3 Å². The first-order valence-corrected chi connectivity index (χ1v) is 7.62. The highest BCUT2D eigenvalue weighted by Gasteiger charge is 2.58. The standard InChI is InChI=1S/C17H22O6/c1-9(15(20)21)12-5-6-17(22)8-13(23-11(3)18)14(19)10(2)16(17,4)7-12/h8,10,12,22H,1,5-7H2,2-4H3,(H,20,21). The normalized spacial score (nSPS) is 36.7. The van der Waals surface area contributed by atoms with Gasteiger partial charge in [-0.25, -0.2) is 4.79 Å². The van der Waals surface area contributed by atoms with Crippen molar-refractivity contribution in [3.05, 3.63) is 24.0 Å². The SMILES string of the molecule is C=C(C(=O)O)C1CCC2(O)C=C(OC(C)=O)C(=O)C(C)C2(C)C1. The van der Waals surface area contributed by atoms with Crippen LogP contribution < -0.4 is 0 Å². The summed E-state index contributed by atoms with van der Waals surface area (Å²) >= 11 is 0. The number of allylic oxidation sites excluding steroid dienone is 1. The molecule has 0 spiro atoms. The number of carbonyl (C=O) groups excluding carboxylic acids is 2. The monoisotopic (exact) mass is 322 g/mol. The molecule has 0 aromatic rings. The van der Waals surface area contributed by atoms with E-state index in [-0.39, 0.29) is 29.5 Å². The number of ketones is 1. The molecule has 2 aliphatic carbocycles. The summed E-state index contributed by atoms with van der Waals surface area (Å²) in [5, 5.41) is 20.2. The van der Waals surface area contributed by atoms with Gasteiger partial charge >= 0.3 is 11.9 Å². The third-order valence-corrected chi connectivity index (χ3v) is 5.52. The lowest BCUT2D eigenvalue weighted by molar-refractivity contribution is -0.156. The fraction of sp³-hybridized carbons (Fsp3) is 0.588. The number of aliphatic hydroxyl groups is 1. The van der Waals surface area contributed by atoms with E-state index in [1.54, 1.807) is 13.8 Å². The number of Topliss-reactive ketones (excluding diaryl/α,β-unsaturated/α-hetero) is 1. The number of rotatable bonds is 3. The molecule has 2 rings (SSSR count). The van der Waals surface area contributed by atoms with Crippen molar-refractivity contribution in [1.82, 2.24) is 0 Å². The minimum absolute atomic E-state index is 0.0997. The Labute approximate surface area is 134 Å². The molecular weight excluding hydrogens is 300 g/mol. The zero-order chi connectivity index (χ0) is 17.6. The molecule has 1 fully saturated rings. The molecule has 4 unspecified atom stereocenters. The third kappa shape index (κ3) is 2.72. The van der Waals surface area contributed by atoms with Crippen LogP contribution in [0, 0.1) is 17.3 Å². The Morgan fingerprint density at radius 3 is 2.57 bits per heavy atom. The Balaban J connectivity index is 2.40. The molecule has 0 aromatic heterocycles. The second-order valence-corrected chi connectivity index (χ2v) is 6.80. The van der Waals surface area contributed by atoms with Gasteiger partial charge in [0.2, 0.25) is 5.78 Å². The van der Waals surface area contributed by atoms with Gasteiger partial charge in [0.05, 0.1) is 5.60 Å². The molecule has 126 valence electrons. The second kappa shape index (κ2) is 5.60. The summed E-state index contributed by atoms with van der Waals surface area (Å²) in [5.41, 5.74) is -2.06. The van der Waals surface area contributed by atoms with E-state index in [1.807, 2.05) is 0 Å². The van der Waals surface area contributed by atoms with E-state index in [9.17, 15) is 19.5 Å². The lowest BCUT2D eigenvalue weighted by Crippen LogP contribution is -2.58. The lowest BCUT2D eigenvalue weighted by atomic mass is 9.52. The summed E-state index contributed by atoms with van der Waals surface area (Å²) in [5.74, 6) is -3.05. The number of fused-ring (bicyclic) bond motifs is 1. The van der Waals surface area contributed by atoms with Gasteiger partial charge in [-0.2, -0.15) is 0 Å². The lowest BCUT2D eigenvalue weighted by Gasteiger charge is -2.54. The fourth-order valence-corrected chi connectivity index (χ4v) is 3.76. The molecule has 23 heavy (non-hydrogen) atoms. The molecule has 0 aliphatic heterocycles. The minimum atomic E-state index is -1.32. The van der Waals surface area contributed by atoms with Crippen molar-refractivity contribution >= 4 is 17.7 Å². The van der Waals surface area contributed by atoms with Crippen LogP contribution in [0.15, 0.2) is 24.0 Å². The summed E-state index contributed by atoms with van der Waals surface area (Å²) < 4.78 is 4.95. The number of hydrogen-bond donors (Lipinski definition) is 2. The summed E-state index contributed by atoms with van der Waals surface area (Å²) in [4.78, 5) is 34.8. The van der Waals surface area contributed by atoms with Crippen LogP contribution in [0.4, 0.5) is 0 Å². The highest BCUT2D eigenvalue weighted by Crippen LogP contribution is 2.56. The Morgan fingerprint density at radius 1 is 1.43 bits per heavy atom. The van der Waals surface area contributed by atoms with Crippen LogP contribution in [0.1, 0.15) is 40.0 Å². The first kappa shape index (κ1) is 17.4. The molecule has 6 heteroatoms. The highest BCUT2D eigenvalue weighted by atomic mass is 16.5. The van der Waals surface area contributed by atoms with Gasteiger partial charge in [0.25, 0.3) is 0 Å². The number of esters is 1. The average Bonchev–Trinajstić information content (AvgIpc) is 2.45. The third-order valence-electron chi connectivity index (χ3n) is 5.52. The van der Waals surface area contributed by atoms with Crippen molar-refractivity contribution in [2.24, 2.45) is 17.3 Å². The Bertz CT molecular complexity index is 619. The van der Waals surface area contributed by atoms with Gasteiger partial charge in [-0.05, 0) is 31.3 Å². The van der Waals surface area contributed by atoms with Crippen molar-refractivity contribution in [3.63, 3.8) is 0 Å². The van der Waals surface area contributed by atoms with Gasteiger partial charge in [0, 0.05) is 23.8 Å². The maximum Gasteiger partial charge on any atom is 0.331 e. The number of carboxylic acid groups (broad SMARTS) is 1. The zero-order valence-electron chi connectivity index (χ0n) is 13.6. The number of hydrogen-bond acceptors (Lipinski definition) is 5. The van der Waals surface area contributed by atoms with E-state index >= 15 is 0 Å². The van der Waals surface area contributed by atoms with Gasteiger partial charge < -0.3 is 14.9 Å². The smallest absolute Gasteiger partial charge is 0.331 e. The van der Waals surface area contributed by atoms with E-state index in [2.05, 4.69) is 6.58 Å². The molecule has 0 amide bonds. The van der Waals surface area contributed by atoms with Crippen molar-refractivity contribution in [2.45, 2.75) is 45.6 Å². The van der Waals surface area contributed by atoms with Crippen molar-refractivity contribution in [1.29, 1.82) is 0 Å². The molecular formula is C17H22O6. The summed E-state index contributed by atoms with van der Waals surface area (Å²) in [6, 6.07) is 0. The van der Waals surface area contributed by atoms with E-state index in [4.69, 9.17) is 9.84 Å². The Hall–Kier alpha value is -1.95. The second-order valence-electron chi connectivity index (χ2n) is 6.80. The van der Waals surface area contributed by atoms with Crippen molar-refractivity contribution in [2.75, 3.05) is 0 Å². The summed E-state index contributed by atoms with van der Waals surface area (Å²) in [7, 11) is 0. The van der Waals surface area contributed by atoms with E-state index in [1.165, 1.54) is 13.0 Å². The first-order valence-electron chi connectivity index (χ1n) is 7.62.